The first-order chi connectivity index (χ1) is 7.69. The van der Waals surface area contributed by atoms with E-state index >= 15 is 0 Å². The van der Waals surface area contributed by atoms with Crippen LogP contribution in [-0.2, 0) is 6.54 Å². The molecule has 0 radical (unpaired) electrons. The molecule has 1 atom stereocenters. The predicted octanol–water partition coefficient (Wildman–Crippen LogP) is 2.54. The largest absolute Gasteiger partial charge is 0.330 e. The average molecular weight is 283 g/mol. The number of halogens is 1. The van der Waals surface area contributed by atoms with E-state index in [4.69, 9.17) is 5.73 Å². The van der Waals surface area contributed by atoms with Gasteiger partial charge >= 0.3 is 0 Å². The SMILES string of the molecule is Cc1cc(CN2CCC(CN)C2)ccc1Br. The minimum absolute atomic E-state index is 0.705. The van der Waals surface area contributed by atoms with Crippen LogP contribution in [0.2, 0.25) is 0 Å². The molecule has 1 saturated heterocycles. The van der Waals surface area contributed by atoms with Crippen molar-refractivity contribution in [1.29, 1.82) is 0 Å². The van der Waals surface area contributed by atoms with Crippen LogP contribution < -0.4 is 5.73 Å². The summed E-state index contributed by atoms with van der Waals surface area (Å²) in [6.45, 7) is 6.38. The Kier molecular flexibility index (Phi) is 4.00. The summed E-state index contributed by atoms with van der Waals surface area (Å²) in [6.07, 6.45) is 1.26. The summed E-state index contributed by atoms with van der Waals surface area (Å²) in [5.41, 5.74) is 8.41. The van der Waals surface area contributed by atoms with Gasteiger partial charge in [0.2, 0.25) is 0 Å². The van der Waals surface area contributed by atoms with Gasteiger partial charge < -0.3 is 5.73 Å². The van der Waals surface area contributed by atoms with Crippen molar-refractivity contribution in [3.63, 3.8) is 0 Å². The molecule has 2 rings (SSSR count). The molecule has 3 heteroatoms. The van der Waals surface area contributed by atoms with E-state index in [1.54, 1.807) is 0 Å². The van der Waals surface area contributed by atoms with Crippen LogP contribution in [-0.4, -0.2) is 24.5 Å². The highest BCUT2D eigenvalue weighted by Gasteiger charge is 2.20. The van der Waals surface area contributed by atoms with Gasteiger partial charge in [0.25, 0.3) is 0 Å². The lowest BCUT2D eigenvalue weighted by atomic mass is 10.1. The van der Waals surface area contributed by atoms with Gasteiger partial charge in [-0.2, -0.15) is 0 Å². The van der Waals surface area contributed by atoms with Crippen LogP contribution in [0, 0.1) is 12.8 Å². The average Bonchev–Trinajstić information content (AvgIpc) is 2.71. The Labute approximate surface area is 106 Å². The van der Waals surface area contributed by atoms with Crippen LogP contribution in [0.5, 0.6) is 0 Å². The lowest BCUT2D eigenvalue weighted by Gasteiger charge is -2.16. The number of nitrogens with zero attached hydrogens (tertiary/aromatic N) is 1. The van der Waals surface area contributed by atoms with Crippen molar-refractivity contribution in [1.82, 2.24) is 4.90 Å². The summed E-state index contributed by atoms with van der Waals surface area (Å²) in [5, 5.41) is 0. The summed E-state index contributed by atoms with van der Waals surface area (Å²) >= 11 is 3.53. The molecule has 0 aromatic heterocycles. The van der Waals surface area contributed by atoms with E-state index in [1.165, 1.54) is 28.6 Å². The second-order valence-electron chi connectivity index (χ2n) is 4.71. The van der Waals surface area contributed by atoms with Crippen LogP contribution in [0.15, 0.2) is 22.7 Å². The summed E-state index contributed by atoms with van der Waals surface area (Å²) in [6, 6.07) is 6.61. The van der Waals surface area contributed by atoms with Crippen LogP contribution in [0.25, 0.3) is 0 Å². The molecule has 1 aliphatic rings. The lowest BCUT2D eigenvalue weighted by molar-refractivity contribution is 0.318. The zero-order valence-corrected chi connectivity index (χ0v) is 11.3. The molecule has 1 fully saturated rings. The number of hydrogen-bond donors (Lipinski definition) is 1. The zero-order valence-electron chi connectivity index (χ0n) is 9.75. The van der Waals surface area contributed by atoms with Crippen molar-refractivity contribution in [2.45, 2.75) is 19.9 Å². The van der Waals surface area contributed by atoms with E-state index in [1.807, 2.05) is 0 Å². The van der Waals surface area contributed by atoms with Gasteiger partial charge in [-0.05, 0) is 49.5 Å². The van der Waals surface area contributed by atoms with Crippen molar-refractivity contribution in [2.75, 3.05) is 19.6 Å². The molecule has 1 aromatic carbocycles. The third kappa shape index (κ3) is 2.84. The molecule has 1 unspecified atom stereocenters. The maximum Gasteiger partial charge on any atom is 0.0233 e. The first kappa shape index (κ1) is 12.1. The van der Waals surface area contributed by atoms with Crippen molar-refractivity contribution in [3.8, 4) is 0 Å². The Morgan fingerprint density at radius 2 is 2.31 bits per heavy atom. The van der Waals surface area contributed by atoms with E-state index in [2.05, 4.69) is 46.0 Å². The number of nitrogens with two attached hydrogens (primary N) is 1. The van der Waals surface area contributed by atoms with Crippen LogP contribution in [0.1, 0.15) is 17.5 Å². The van der Waals surface area contributed by atoms with Crippen LogP contribution >= 0.6 is 15.9 Å². The molecule has 0 saturated carbocycles. The molecule has 2 N–H and O–H groups in total. The first-order valence-corrected chi connectivity index (χ1v) is 6.66. The highest BCUT2D eigenvalue weighted by Crippen LogP contribution is 2.21. The number of benzene rings is 1. The van der Waals surface area contributed by atoms with Gasteiger partial charge in [0, 0.05) is 17.6 Å². The number of hydrogen-bond acceptors (Lipinski definition) is 2. The van der Waals surface area contributed by atoms with Crippen molar-refractivity contribution >= 4 is 15.9 Å². The third-order valence-electron chi connectivity index (χ3n) is 3.33. The maximum atomic E-state index is 5.70. The van der Waals surface area contributed by atoms with Gasteiger partial charge in [0.05, 0.1) is 0 Å². The molecule has 0 amide bonds. The normalized spacial score (nSPS) is 21.6. The predicted molar refractivity (Wildman–Crippen MR) is 71.3 cm³/mol. The molecule has 0 aliphatic carbocycles. The highest BCUT2D eigenvalue weighted by molar-refractivity contribution is 9.10. The Hall–Kier alpha value is -0.380. The Morgan fingerprint density at radius 3 is 2.94 bits per heavy atom. The molecule has 0 bridgehead atoms. The molecule has 1 aliphatic heterocycles. The van der Waals surface area contributed by atoms with Crippen molar-refractivity contribution < 1.29 is 0 Å². The Bertz CT molecular complexity index is 365. The monoisotopic (exact) mass is 282 g/mol. The van der Waals surface area contributed by atoms with E-state index in [9.17, 15) is 0 Å². The van der Waals surface area contributed by atoms with Crippen molar-refractivity contribution in [3.05, 3.63) is 33.8 Å². The molecule has 2 nitrogen and oxygen atoms in total. The summed E-state index contributed by atoms with van der Waals surface area (Å²) < 4.78 is 1.19. The number of aryl methyl sites for hydroxylation is 1. The van der Waals surface area contributed by atoms with Gasteiger partial charge in [-0.15, -0.1) is 0 Å². The van der Waals surface area contributed by atoms with Crippen LogP contribution in [0.4, 0.5) is 0 Å². The van der Waals surface area contributed by atoms with E-state index < -0.39 is 0 Å². The second-order valence-corrected chi connectivity index (χ2v) is 5.56. The highest BCUT2D eigenvalue weighted by atomic mass is 79.9. The van der Waals surface area contributed by atoms with Gasteiger partial charge in [0.1, 0.15) is 0 Å². The van der Waals surface area contributed by atoms with E-state index in [-0.39, 0.29) is 0 Å². The smallest absolute Gasteiger partial charge is 0.0233 e. The van der Waals surface area contributed by atoms with Crippen LogP contribution in [0.3, 0.4) is 0 Å². The zero-order chi connectivity index (χ0) is 11.5. The number of likely N-dealkylation sites (tertiary alicyclic amines) is 1. The third-order valence-corrected chi connectivity index (χ3v) is 4.22. The Balaban J connectivity index is 1.97. The van der Waals surface area contributed by atoms with Gasteiger partial charge in [-0.1, -0.05) is 28.1 Å². The molecular weight excluding hydrogens is 264 g/mol. The summed E-state index contributed by atoms with van der Waals surface area (Å²) in [5.74, 6) is 0.705. The quantitative estimate of drug-likeness (QED) is 0.923. The fourth-order valence-corrected chi connectivity index (χ4v) is 2.56. The summed E-state index contributed by atoms with van der Waals surface area (Å²) in [7, 11) is 0. The second kappa shape index (κ2) is 5.30. The molecule has 1 heterocycles. The molecule has 16 heavy (non-hydrogen) atoms. The first-order valence-electron chi connectivity index (χ1n) is 5.86. The Morgan fingerprint density at radius 1 is 1.50 bits per heavy atom. The molecular formula is C13H19BrN2. The minimum Gasteiger partial charge on any atom is -0.330 e. The topological polar surface area (TPSA) is 29.3 Å². The standard InChI is InChI=1S/C13H19BrN2/c1-10-6-11(2-3-13(10)14)8-16-5-4-12(7-15)9-16/h2-3,6,12H,4-5,7-9,15H2,1H3. The van der Waals surface area contributed by atoms with Gasteiger partial charge in [0.15, 0.2) is 0 Å². The van der Waals surface area contributed by atoms with E-state index in [0.717, 1.165) is 19.6 Å². The fraction of sp³-hybridized carbons (Fsp3) is 0.538. The maximum absolute atomic E-state index is 5.70. The molecule has 0 spiro atoms. The lowest BCUT2D eigenvalue weighted by Crippen LogP contribution is -2.22. The number of rotatable bonds is 3. The fourth-order valence-electron chi connectivity index (χ4n) is 2.31. The molecule has 88 valence electrons. The van der Waals surface area contributed by atoms with Gasteiger partial charge in [-0.25, -0.2) is 0 Å². The van der Waals surface area contributed by atoms with Crippen molar-refractivity contribution in [2.24, 2.45) is 11.7 Å². The molecule has 1 aromatic rings. The van der Waals surface area contributed by atoms with Gasteiger partial charge in [-0.3, -0.25) is 4.90 Å². The summed E-state index contributed by atoms with van der Waals surface area (Å²) in [4.78, 5) is 2.50. The minimum atomic E-state index is 0.705. The van der Waals surface area contributed by atoms with E-state index in [0.29, 0.717) is 5.92 Å².